The van der Waals surface area contributed by atoms with Crippen LogP contribution < -0.4 is 10.5 Å². The minimum Gasteiger partial charge on any atom is -0.477 e. The highest BCUT2D eigenvalue weighted by Crippen LogP contribution is 2.36. The highest BCUT2D eigenvalue weighted by atomic mass is 16.5. The first-order valence-electron chi connectivity index (χ1n) is 8.37. The van der Waals surface area contributed by atoms with Crippen molar-refractivity contribution >= 4 is 5.91 Å². The fraction of sp³-hybridized carbons (Fsp3) is 0.667. The predicted molar refractivity (Wildman–Crippen MR) is 91.2 cm³/mol. The molecule has 1 fully saturated rings. The number of pyridine rings is 1. The van der Waals surface area contributed by atoms with Crippen LogP contribution in [0.25, 0.3) is 0 Å². The molecule has 0 bridgehead atoms. The third kappa shape index (κ3) is 4.22. The van der Waals surface area contributed by atoms with E-state index in [1.165, 1.54) is 6.42 Å². The maximum atomic E-state index is 12.2. The number of piperidine rings is 1. The third-order valence-corrected chi connectivity index (χ3v) is 4.90. The topological polar surface area (TPSA) is 68.5 Å². The smallest absolute Gasteiger partial charge is 0.222 e. The third-order valence-electron chi connectivity index (χ3n) is 4.90. The number of amides is 1. The first-order chi connectivity index (χ1) is 10.8. The van der Waals surface area contributed by atoms with Crippen molar-refractivity contribution in [2.24, 2.45) is 17.1 Å². The largest absolute Gasteiger partial charge is 0.477 e. The summed E-state index contributed by atoms with van der Waals surface area (Å²) in [6.45, 7) is 7.52. The van der Waals surface area contributed by atoms with Crippen LogP contribution in [0.5, 0.6) is 5.88 Å². The average molecular weight is 319 g/mol. The Kier molecular flexibility index (Phi) is 5.63. The molecule has 0 radical (unpaired) electrons. The molecule has 128 valence electrons. The number of ether oxygens (including phenoxy) is 1. The summed E-state index contributed by atoms with van der Waals surface area (Å²) in [5.41, 5.74) is 6.42. The van der Waals surface area contributed by atoms with Crippen LogP contribution in [0.2, 0.25) is 0 Å². The molecule has 2 heterocycles. The molecule has 1 aromatic rings. The van der Waals surface area contributed by atoms with Gasteiger partial charge in [0.25, 0.3) is 0 Å². The molecule has 1 saturated heterocycles. The second kappa shape index (κ2) is 7.30. The van der Waals surface area contributed by atoms with Crippen LogP contribution in [0.4, 0.5) is 0 Å². The van der Waals surface area contributed by atoms with Gasteiger partial charge in [0, 0.05) is 23.2 Å². The monoisotopic (exact) mass is 319 g/mol. The van der Waals surface area contributed by atoms with Gasteiger partial charge in [0.1, 0.15) is 0 Å². The Morgan fingerprint density at radius 2 is 2.26 bits per heavy atom. The molecule has 2 atom stereocenters. The van der Waals surface area contributed by atoms with Gasteiger partial charge in [0.2, 0.25) is 11.8 Å². The molecule has 0 aliphatic carbocycles. The van der Waals surface area contributed by atoms with Gasteiger partial charge in [0.05, 0.1) is 12.5 Å². The van der Waals surface area contributed by atoms with Gasteiger partial charge in [-0.1, -0.05) is 26.3 Å². The van der Waals surface area contributed by atoms with Gasteiger partial charge < -0.3 is 15.4 Å². The van der Waals surface area contributed by atoms with E-state index in [2.05, 4.69) is 30.8 Å². The van der Waals surface area contributed by atoms with Crippen LogP contribution in [0.15, 0.2) is 18.3 Å². The van der Waals surface area contributed by atoms with Crippen molar-refractivity contribution in [3.05, 3.63) is 23.9 Å². The van der Waals surface area contributed by atoms with Crippen LogP contribution >= 0.6 is 0 Å². The van der Waals surface area contributed by atoms with E-state index in [0.717, 1.165) is 24.9 Å². The van der Waals surface area contributed by atoms with Gasteiger partial charge in [-0.2, -0.15) is 0 Å². The van der Waals surface area contributed by atoms with Crippen LogP contribution in [0.1, 0.15) is 38.7 Å². The number of hydrogen-bond donors (Lipinski definition) is 1. The average Bonchev–Trinajstić information content (AvgIpc) is 2.48. The summed E-state index contributed by atoms with van der Waals surface area (Å²) in [7, 11) is 2.08. The van der Waals surface area contributed by atoms with Crippen LogP contribution in [0, 0.1) is 18.3 Å². The fourth-order valence-corrected chi connectivity index (χ4v) is 3.58. The summed E-state index contributed by atoms with van der Waals surface area (Å²) < 4.78 is 5.92. The first kappa shape index (κ1) is 17.7. The highest BCUT2D eigenvalue weighted by Gasteiger charge is 2.42. The van der Waals surface area contributed by atoms with Crippen molar-refractivity contribution in [1.29, 1.82) is 0 Å². The van der Waals surface area contributed by atoms with E-state index in [0.29, 0.717) is 12.5 Å². The Morgan fingerprint density at radius 3 is 2.87 bits per heavy atom. The number of likely N-dealkylation sites (tertiary alicyclic amines) is 1. The molecular weight excluding hydrogens is 290 g/mol. The number of hydrogen-bond acceptors (Lipinski definition) is 4. The Morgan fingerprint density at radius 1 is 1.52 bits per heavy atom. The van der Waals surface area contributed by atoms with E-state index in [-0.39, 0.29) is 23.3 Å². The summed E-state index contributed by atoms with van der Waals surface area (Å²) in [6, 6.07) is 4.04. The van der Waals surface area contributed by atoms with Gasteiger partial charge in [-0.3, -0.25) is 4.79 Å². The molecule has 5 nitrogen and oxygen atoms in total. The molecule has 0 spiro atoms. The molecule has 2 unspecified atom stereocenters. The lowest BCUT2D eigenvalue weighted by atomic mass is 9.72. The zero-order valence-electron chi connectivity index (χ0n) is 14.7. The second-order valence-electron chi connectivity index (χ2n) is 7.33. The fourth-order valence-electron chi connectivity index (χ4n) is 3.58. The van der Waals surface area contributed by atoms with Crippen molar-refractivity contribution < 1.29 is 9.53 Å². The van der Waals surface area contributed by atoms with Crippen LogP contribution in [-0.4, -0.2) is 42.0 Å². The number of rotatable bonds is 6. The molecule has 2 rings (SSSR count). The quantitative estimate of drug-likeness (QED) is 0.874. The van der Waals surface area contributed by atoms with E-state index in [1.807, 2.05) is 19.1 Å². The lowest BCUT2D eigenvalue weighted by Gasteiger charge is -2.43. The molecule has 1 amide bonds. The van der Waals surface area contributed by atoms with E-state index >= 15 is 0 Å². The number of nitrogens with two attached hydrogens (primary N) is 1. The number of primary amides is 1. The molecular formula is C18H29N3O2. The van der Waals surface area contributed by atoms with Crippen LogP contribution in [-0.2, 0) is 4.79 Å². The van der Waals surface area contributed by atoms with E-state index in [9.17, 15) is 4.79 Å². The molecule has 5 heteroatoms. The van der Waals surface area contributed by atoms with Crippen molar-refractivity contribution in [3.63, 3.8) is 0 Å². The second-order valence-corrected chi connectivity index (χ2v) is 7.33. The Bertz CT molecular complexity index is 545. The molecule has 0 aromatic carbocycles. The first-order valence-corrected chi connectivity index (χ1v) is 8.37. The van der Waals surface area contributed by atoms with Crippen molar-refractivity contribution in [2.75, 3.05) is 20.2 Å². The van der Waals surface area contributed by atoms with Gasteiger partial charge in [-0.15, -0.1) is 0 Å². The van der Waals surface area contributed by atoms with E-state index in [4.69, 9.17) is 10.5 Å². The Balaban J connectivity index is 2.13. The molecule has 1 aliphatic rings. The normalized spacial score (nSPS) is 21.0. The summed E-state index contributed by atoms with van der Waals surface area (Å²) in [5.74, 6) is 0.146. The molecule has 23 heavy (non-hydrogen) atoms. The van der Waals surface area contributed by atoms with E-state index in [1.54, 1.807) is 6.20 Å². The summed E-state index contributed by atoms with van der Waals surface area (Å²) in [6.07, 6.45) is 5.06. The van der Waals surface area contributed by atoms with Gasteiger partial charge >= 0.3 is 0 Å². The number of carbonyl (C=O) groups excluding carboxylic acids is 1. The number of nitrogens with zero attached hydrogens (tertiary/aromatic N) is 2. The van der Waals surface area contributed by atoms with E-state index < -0.39 is 0 Å². The molecule has 1 aliphatic heterocycles. The van der Waals surface area contributed by atoms with Gasteiger partial charge in [0.15, 0.2) is 0 Å². The van der Waals surface area contributed by atoms with Gasteiger partial charge in [-0.05, 0) is 39.4 Å². The molecule has 2 N–H and O–H groups in total. The van der Waals surface area contributed by atoms with Gasteiger partial charge in [-0.25, -0.2) is 4.98 Å². The zero-order chi connectivity index (χ0) is 17.0. The van der Waals surface area contributed by atoms with Crippen LogP contribution in [0.3, 0.4) is 0 Å². The van der Waals surface area contributed by atoms with Crippen molar-refractivity contribution in [1.82, 2.24) is 9.88 Å². The standard InChI is InChI=1S/C18H29N3O2/c1-13-8-7-10-20-17(13)23-12-18(2,3)15(16(19)22)14-9-5-6-11-21(14)4/h7-8,10,14-15H,5-6,9,11-12H2,1-4H3,(H2,19,22). The SMILES string of the molecule is Cc1cccnc1OCC(C)(C)C(C(N)=O)C1CCCCN1C. The lowest BCUT2D eigenvalue weighted by molar-refractivity contribution is -0.130. The number of aromatic nitrogens is 1. The minimum atomic E-state index is -0.355. The zero-order valence-corrected chi connectivity index (χ0v) is 14.7. The Hall–Kier alpha value is -1.62. The van der Waals surface area contributed by atoms with Crippen molar-refractivity contribution in [2.45, 2.75) is 46.1 Å². The lowest BCUT2D eigenvalue weighted by Crippen LogP contribution is -2.53. The summed E-state index contributed by atoms with van der Waals surface area (Å²) in [5, 5.41) is 0. The molecule has 0 saturated carbocycles. The number of aryl methyl sites for hydroxylation is 1. The maximum absolute atomic E-state index is 12.2. The summed E-state index contributed by atoms with van der Waals surface area (Å²) >= 11 is 0. The molecule has 1 aromatic heterocycles. The highest BCUT2D eigenvalue weighted by molar-refractivity contribution is 5.78. The summed E-state index contributed by atoms with van der Waals surface area (Å²) in [4.78, 5) is 18.7. The predicted octanol–water partition coefficient (Wildman–Crippen LogP) is 2.38. The van der Waals surface area contributed by atoms with Crippen molar-refractivity contribution in [3.8, 4) is 5.88 Å². The Labute approximate surface area is 139 Å². The minimum absolute atomic E-state index is 0.185. The number of carbonyl (C=O) groups is 1. The maximum Gasteiger partial charge on any atom is 0.222 e.